The van der Waals surface area contributed by atoms with Crippen molar-refractivity contribution in [2.75, 3.05) is 31.1 Å². The number of imidazole rings is 1. The van der Waals surface area contributed by atoms with Gasteiger partial charge in [-0.15, -0.1) is 0 Å². The molecule has 11 heteroatoms. The fourth-order valence-corrected chi connectivity index (χ4v) is 5.62. The predicted molar refractivity (Wildman–Crippen MR) is 116 cm³/mol. The summed E-state index contributed by atoms with van der Waals surface area (Å²) in [7, 11) is -3.72. The van der Waals surface area contributed by atoms with Crippen LogP contribution in [0.3, 0.4) is 0 Å². The van der Waals surface area contributed by atoms with Crippen LogP contribution in [0.2, 0.25) is 10.0 Å². The minimum absolute atomic E-state index is 0.0828. The number of rotatable bonds is 4. The van der Waals surface area contributed by atoms with Crippen LogP contribution < -0.4 is 4.90 Å². The normalized spacial score (nSPS) is 15.5. The minimum atomic E-state index is -3.72. The molecule has 0 bridgehead atoms. The average molecular weight is 467 g/mol. The molecule has 2 aromatic heterocycles. The van der Waals surface area contributed by atoms with Crippen molar-refractivity contribution >= 4 is 39.0 Å². The summed E-state index contributed by atoms with van der Waals surface area (Å²) in [6.07, 6.45) is 5.05. The minimum Gasteiger partial charge on any atom is -0.354 e. The SMILES string of the molecule is Cc1cc(S(=O)(=O)N2CCN(c3cc(-n4ccnc4C)ncn3)CC2)c(Cl)cc1Cl. The van der Waals surface area contributed by atoms with Crippen LogP contribution in [0.15, 0.2) is 41.8 Å². The van der Waals surface area contributed by atoms with Crippen molar-refractivity contribution < 1.29 is 8.42 Å². The molecule has 1 saturated heterocycles. The summed E-state index contributed by atoms with van der Waals surface area (Å²) in [5.74, 6) is 2.28. The monoisotopic (exact) mass is 466 g/mol. The molecule has 0 aliphatic carbocycles. The molecule has 8 nitrogen and oxygen atoms in total. The predicted octanol–water partition coefficient (Wildman–Crippen LogP) is 3.10. The van der Waals surface area contributed by atoms with E-state index < -0.39 is 10.0 Å². The highest BCUT2D eigenvalue weighted by molar-refractivity contribution is 7.89. The molecule has 1 aromatic carbocycles. The molecule has 30 heavy (non-hydrogen) atoms. The lowest BCUT2D eigenvalue weighted by molar-refractivity contribution is 0.383. The number of anilines is 1. The Morgan fingerprint density at radius 2 is 1.60 bits per heavy atom. The number of hydrogen-bond donors (Lipinski definition) is 0. The number of aromatic nitrogens is 4. The number of nitrogens with zero attached hydrogens (tertiary/aromatic N) is 6. The number of piperazine rings is 1. The van der Waals surface area contributed by atoms with E-state index in [0.717, 1.165) is 11.6 Å². The van der Waals surface area contributed by atoms with Gasteiger partial charge in [0.15, 0.2) is 0 Å². The van der Waals surface area contributed by atoms with Crippen LogP contribution in [0.1, 0.15) is 11.4 Å². The lowest BCUT2D eigenvalue weighted by Crippen LogP contribution is -2.49. The topological polar surface area (TPSA) is 84.2 Å². The number of aryl methyl sites for hydroxylation is 2. The molecule has 0 radical (unpaired) electrons. The van der Waals surface area contributed by atoms with Crippen molar-refractivity contribution in [3.05, 3.63) is 58.4 Å². The van der Waals surface area contributed by atoms with Crippen LogP contribution in [-0.4, -0.2) is 58.4 Å². The first kappa shape index (κ1) is 21.0. The number of halogens is 2. The van der Waals surface area contributed by atoms with Gasteiger partial charge in [0, 0.05) is 49.7 Å². The quantitative estimate of drug-likeness (QED) is 0.587. The zero-order valence-corrected chi connectivity index (χ0v) is 18.8. The molecule has 0 saturated carbocycles. The molecular weight excluding hydrogens is 447 g/mol. The molecule has 1 fully saturated rings. The van der Waals surface area contributed by atoms with Crippen molar-refractivity contribution in [1.29, 1.82) is 0 Å². The smallest absolute Gasteiger partial charge is 0.244 e. The third-order valence-corrected chi connectivity index (χ3v) is 7.87. The van der Waals surface area contributed by atoms with Crippen molar-refractivity contribution in [2.45, 2.75) is 18.7 Å². The number of hydrogen-bond acceptors (Lipinski definition) is 6. The number of sulfonamides is 1. The van der Waals surface area contributed by atoms with Crippen LogP contribution in [-0.2, 0) is 10.0 Å². The molecule has 0 N–H and O–H groups in total. The van der Waals surface area contributed by atoms with Gasteiger partial charge >= 0.3 is 0 Å². The van der Waals surface area contributed by atoms with Crippen LogP contribution in [0, 0.1) is 13.8 Å². The van der Waals surface area contributed by atoms with Gasteiger partial charge in [-0.2, -0.15) is 4.31 Å². The Balaban J connectivity index is 1.52. The highest BCUT2D eigenvalue weighted by Crippen LogP contribution is 2.31. The summed E-state index contributed by atoms with van der Waals surface area (Å²) in [6.45, 7) is 5.30. The maximum absolute atomic E-state index is 13.1. The molecular formula is C19H20Cl2N6O2S. The van der Waals surface area contributed by atoms with E-state index in [0.29, 0.717) is 42.6 Å². The van der Waals surface area contributed by atoms with Gasteiger partial charge in [0.05, 0.1) is 5.02 Å². The molecule has 3 heterocycles. The summed E-state index contributed by atoms with van der Waals surface area (Å²) in [4.78, 5) is 15.0. The van der Waals surface area contributed by atoms with Gasteiger partial charge in [-0.1, -0.05) is 23.2 Å². The van der Waals surface area contributed by atoms with Crippen molar-refractivity contribution in [1.82, 2.24) is 23.8 Å². The highest BCUT2D eigenvalue weighted by atomic mass is 35.5. The molecule has 0 amide bonds. The van der Waals surface area contributed by atoms with Crippen molar-refractivity contribution in [3.8, 4) is 5.82 Å². The highest BCUT2D eigenvalue weighted by Gasteiger charge is 2.31. The summed E-state index contributed by atoms with van der Waals surface area (Å²) >= 11 is 12.2. The summed E-state index contributed by atoms with van der Waals surface area (Å²) in [5.41, 5.74) is 0.668. The lowest BCUT2D eigenvalue weighted by atomic mass is 10.2. The Bertz CT molecular complexity index is 1190. The first-order valence-electron chi connectivity index (χ1n) is 9.30. The van der Waals surface area contributed by atoms with Crippen molar-refractivity contribution in [3.63, 3.8) is 0 Å². The zero-order chi connectivity index (χ0) is 21.5. The van der Waals surface area contributed by atoms with E-state index in [-0.39, 0.29) is 9.92 Å². The Labute approximate surface area is 185 Å². The lowest BCUT2D eigenvalue weighted by Gasteiger charge is -2.34. The van der Waals surface area contributed by atoms with E-state index >= 15 is 0 Å². The molecule has 1 aliphatic heterocycles. The Kier molecular flexibility index (Phi) is 5.71. The fourth-order valence-electron chi connectivity index (χ4n) is 3.39. The molecule has 0 unspecified atom stereocenters. The van der Waals surface area contributed by atoms with E-state index in [9.17, 15) is 8.42 Å². The largest absolute Gasteiger partial charge is 0.354 e. The second-order valence-corrected chi connectivity index (χ2v) is 9.72. The van der Waals surface area contributed by atoms with E-state index in [1.165, 1.54) is 22.8 Å². The van der Waals surface area contributed by atoms with Gasteiger partial charge in [-0.3, -0.25) is 4.57 Å². The summed E-state index contributed by atoms with van der Waals surface area (Å²) in [5, 5.41) is 0.570. The first-order valence-corrected chi connectivity index (χ1v) is 11.5. The second kappa shape index (κ2) is 8.14. The van der Waals surface area contributed by atoms with Crippen LogP contribution in [0.25, 0.3) is 5.82 Å². The van der Waals surface area contributed by atoms with Gasteiger partial charge in [0.2, 0.25) is 10.0 Å². The van der Waals surface area contributed by atoms with E-state index in [4.69, 9.17) is 23.2 Å². The maximum Gasteiger partial charge on any atom is 0.244 e. The van der Waals surface area contributed by atoms with Gasteiger partial charge in [0.1, 0.15) is 28.7 Å². The molecule has 1 aliphatic rings. The van der Waals surface area contributed by atoms with Gasteiger partial charge in [-0.25, -0.2) is 23.4 Å². The van der Waals surface area contributed by atoms with E-state index in [2.05, 4.69) is 15.0 Å². The van der Waals surface area contributed by atoms with E-state index in [1.54, 1.807) is 13.1 Å². The van der Waals surface area contributed by atoms with Gasteiger partial charge in [-0.05, 0) is 31.5 Å². The molecule has 158 valence electrons. The Hall–Kier alpha value is -2.20. The van der Waals surface area contributed by atoms with Crippen LogP contribution in [0.5, 0.6) is 0 Å². The molecule has 0 atom stereocenters. The summed E-state index contributed by atoms with van der Waals surface area (Å²) < 4.78 is 29.5. The second-order valence-electron chi connectivity index (χ2n) is 7.00. The third-order valence-electron chi connectivity index (χ3n) is 5.10. The maximum atomic E-state index is 13.1. The number of benzene rings is 1. The molecule has 3 aromatic rings. The van der Waals surface area contributed by atoms with Crippen LogP contribution >= 0.6 is 23.2 Å². The average Bonchev–Trinajstić information content (AvgIpc) is 3.16. The van der Waals surface area contributed by atoms with Gasteiger partial charge in [0.25, 0.3) is 0 Å². The zero-order valence-electron chi connectivity index (χ0n) is 16.5. The Morgan fingerprint density at radius 3 is 2.27 bits per heavy atom. The molecule has 0 spiro atoms. The Morgan fingerprint density at radius 1 is 0.900 bits per heavy atom. The standard InChI is InChI=1S/C19H20Cl2N6O2S/c1-13-9-17(16(21)10-15(13)20)30(28,29)26-7-5-25(6-8-26)18-11-19(24-12-23-18)27-4-3-22-14(27)2/h3-4,9-12H,5-8H2,1-2H3. The van der Waals surface area contributed by atoms with E-state index in [1.807, 2.05) is 28.7 Å². The first-order chi connectivity index (χ1) is 14.3. The summed E-state index contributed by atoms with van der Waals surface area (Å²) in [6, 6.07) is 4.87. The molecule has 4 rings (SSSR count). The fraction of sp³-hybridized carbons (Fsp3) is 0.316. The van der Waals surface area contributed by atoms with Crippen molar-refractivity contribution in [2.24, 2.45) is 0 Å². The van der Waals surface area contributed by atoms with Crippen LogP contribution in [0.4, 0.5) is 5.82 Å². The third kappa shape index (κ3) is 3.90. The van der Waals surface area contributed by atoms with Gasteiger partial charge < -0.3 is 4.90 Å².